The van der Waals surface area contributed by atoms with Crippen LogP contribution in [0.1, 0.15) is 6.42 Å². The molecular weight excluding hydrogens is 212 g/mol. The van der Waals surface area contributed by atoms with Gasteiger partial charge in [0.15, 0.2) is 0 Å². The van der Waals surface area contributed by atoms with Gasteiger partial charge in [-0.1, -0.05) is 0 Å². The van der Waals surface area contributed by atoms with E-state index >= 15 is 0 Å². The number of likely N-dealkylation sites (N-methyl/N-ethyl adjacent to an activating group) is 1. The predicted octanol–water partition coefficient (Wildman–Crippen LogP) is -0.164. The van der Waals surface area contributed by atoms with Crippen LogP contribution in [0, 0.1) is 5.92 Å². The summed E-state index contributed by atoms with van der Waals surface area (Å²) in [4.78, 5) is 24.4. The first-order valence-corrected chi connectivity index (χ1v) is 5.20. The smallest absolute Gasteiger partial charge is 0.409 e. The highest BCUT2D eigenvalue weighted by Crippen LogP contribution is 2.18. The van der Waals surface area contributed by atoms with Crippen molar-refractivity contribution in [2.75, 3.05) is 34.4 Å². The van der Waals surface area contributed by atoms with E-state index in [1.54, 1.807) is 7.05 Å². The quantitative estimate of drug-likeness (QED) is 0.667. The van der Waals surface area contributed by atoms with Crippen molar-refractivity contribution >= 4 is 12.1 Å². The molecule has 1 saturated heterocycles. The SMILES string of the molecule is CNC1CC(C(=O)OC)CN(C(=O)OC)C1. The second-order valence-electron chi connectivity index (χ2n) is 3.82. The number of hydrogen-bond acceptors (Lipinski definition) is 5. The van der Waals surface area contributed by atoms with Crippen molar-refractivity contribution in [3.8, 4) is 0 Å². The fourth-order valence-electron chi connectivity index (χ4n) is 1.92. The van der Waals surface area contributed by atoms with Crippen molar-refractivity contribution in [1.82, 2.24) is 10.2 Å². The van der Waals surface area contributed by atoms with E-state index in [-0.39, 0.29) is 17.9 Å². The van der Waals surface area contributed by atoms with Crippen LogP contribution in [-0.4, -0.2) is 57.4 Å². The summed E-state index contributed by atoms with van der Waals surface area (Å²) in [7, 11) is 4.49. The molecule has 2 atom stereocenters. The number of likely N-dealkylation sites (tertiary alicyclic amines) is 1. The number of rotatable bonds is 2. The van der Waals surface area contributed by atoms with Crippen LogP contribution in [-0.2, 0) is 14.3 Å². The molecule has 0 spiro atoms. The Balaban J connectivity index is 2.68. The Kier molecular flexibility index (Phi) is 4.54. The van der Waals surface area contributed by atoms with Crippen LogP contribution in [0.25, 0.3) is 0 Å². The number of piperidine rings is 1. The Morgan fingerprint density at radius 2 is 1.94 bits per heavy atom. The minimum atomic E-state index is -0.408. The van der Waals surface area contributed by atoms with Gasteiger partial charge in [0.05, 0.1) is 20.1 Å². The zero-order chi connectivity index (χ0) is 12.1. The Morgan fingerprint density at radius 3 is 2.44 bits per heavy atom. The minimum absolute atomic E-state index is 0.0944. The van der Waals surface area contributed by atoms with Crippen LogP contribution < -0.4 is 5.32 Å². The van der Waals surface area contributed by atoms with Gasteiger partial charge in [0.25, 0.3) is 0 Å². The summed E-state index contributed by atoms with van der Waals surface area (Å²) in [6, 6.07) is 0.0944. The van der Waals surface area contributed by atoms with Gasteiger partial charge in [0, 0.05) is 19.1 Å². The number of hydrogen-bond donors (Lipinski definition) is 1. The normalized spacial score (nSPS) is 25.1. The summed E-state index contributed by atoms with van der Waals surface area (Å²) in [5.74, 6) is -0.566. The summed E-state index contributed by atoms with van der Waals surface area (Å²) in [5.41, 5.74) is 0. The van der Waals surface area contributed by atoms with Crippen molar-refractivity contribution in [2.45, 2.75) is 12.5 Å². The van der Waals surface area contributed by atoms with Crippen LogP contribution in [0.5, 0.6) is 0 Å². The molecule has 1 aliphatic rings. The highest BCUT2D eigenvalue weighted by Gasteiger charge is 2.34. The molecule has 0 saturated carbocycles. The van der Waals surface area contributed by atoms with E-state index < -0.39 is 6.09 Å². The summed E-state index contributed by atoms with van der Waals surface area (Å²) < 4.78 is 9.35. The van der Waals surface area contributed by atoms with Crippen molar-refractivity contribution in [3.63, 3.8) is 0 Å². The molecule has 0 radical (unpaired) electrons. The largest absolute Gasteiger partial charge is 0.469 e. The first-order chi connectivity index (χ1) is 7.62. The van der Waals surface area contributed by atoms with Gasteiger partial charge in [0.2, 0.25) is 0 Å². The summed E-state index contributed by atoms with van der Waals surface area (Å²) in [6.07, 6.45) is 0.269. The molecule has 1 aliphatic heterocycles. The fourth-order valence-corrected chi connectivity index (χ4v) is 1.92. The van der Waals surface area contributed by atoms with Crippen molar-refractivity contribution in [1.29, 1.82) is 0 Å². The second-order valence-corrected chi connectivity index (χ2v) is 3.82. The third-order valence-corrected chi connectivity index (χ3v) is 2.83. The van der Waals surface area contributed by atoms with E-state index in [0.717, 1.165) is 0 Å². The summed E-state index contributed by atoms with van der Waals surface area (Å²) in [5, 5.41) is 3.06. The Morgan fingerprint density at radius 1 is 1.25 bits per heavy atom. The van der Waals surface area contributed by atoms with E-state index in [4.69, 9.17) is 4.74 Å². The molecule has 6 nitrogen and oxygen atoms in total. The maximum atomic E-state index is 11.5. The number of carbonyl (C=O) groups is 2. The number of carbonyl (C=O) groups excluding carboxylic acids is 2. The number of nitrogens with one attached hydrogen (secondary N) is 1. The zero-order valence-electron chi connectivity index (χ0n) is 9.86. The maximum Gasteiger partial charge on any atom is 0.409 e. The van der Waals surface area contributed by atoms with E-state index in [0.29, 0.717) is 19.5 Å². The first-order valence-electron chi connectivity index (χ1n) is 5.20. The van der Waals surface area contributed by atoms with Gasteiger partial charge in [-0.15, -0.1) is 0 Å². The van der Waals surface area contributed by atoms with Gasteiger partial charge in [0.1, 0.15) is 0 Å². The average molecular weight is 230 g/mol. The van der Waals surface area contributed by atoms with Gasteiger partial charge in [-0.2, -0.15) is 0 Å². The molecule has 1 amide bonds. The van der Waals surface area contributed by atoms with E-state index in [1.807, 2.05) is 0 Å². The molecule has 2 unspecified atom stereocenters. The molecule has 1 fully saturated rings. The standard InChI is InChI=1S/C10H18N2O4/c1-11-8-4-7(9(13)15-2)5-12(6-8)10(14)16-3/h7-8,11H,4-6H2,1-3H3. The monoisotopic (exact) mass is 230 g/mol. The second kappa shape index (κ2) is 5.69. The molecule has 0 aromatic carbocycles. The number of nitrogens with zero attached hydrogens (tertiary/aromatic N) is 1. The maximum absolute atomic E-state index is 11.5. The molecular formula is C10H18N2O4. The molecule has 1 N–H and O–H groups in total. The Bertz CT molecular complexity index is 246. The molecule has 0 bridgehead atoms. The summed E-state index contributed by atoms with van der Waals surface area (Å²) in [6.45, 7) is 0.911. The molecule has 0 aliphatic carbocycles. The first kappa shape index (κ1) is 12.8. The van der Waals surface area contributed by atoms with E-state index in [1.165, 1.54) is 19.1 Å². The third kappa shape index (κ3) is 2.85. The topological polar surface area (TPSA) is 67.9 Å². The Hall–Kier alpha value is -1.30. The van der Waals surface area contributed by atoms with Crippen LogP contribution in [0.4, 0.5) is 4.79 Å². The van der Waals surface area contributed by atoms with Gasteiger partial charge >= 0.3 is 12.1 Å². The molecule has 92 valence electrons. The molecule has 6 heteroatoms. The highest BCUT2D eigenvalue weighted by atomic mass is 16.5. The third-order valence-electron chi connectivity index (χ3n) is 2.83. The molecule has 0 aromatic rings. The number of methoxy groups -OCH3 is 2. The van der Waals surface area contributed by atoms with E-state index in [9.17, 15) is 9.59 Å². The highest BCUT2D eigenvalue weighted by molar-refractivity contribution is 5.74. The van der Waals surface area contributed by atoms with Gasteiger partial charge < -0.3 is 19.7 Å². The number of esters is 1. The molecule has 0 aromatic heterocycles. The average Bonchev–Trinajstić information content (AvgIpc) is 2.35. The lowest BCUT2D eigenvalue weighted by Crippen LogP contribution is -2.52. The molecule has 16 heavy (non-hydrogen) atoms. The molecule has 1 heterocycles. The lowest BCUT2D eigenvalue weighted by atomic mass is 9.94. The van der Waals surface area contributed by atoms with Crippen LogP contribution in [0.3, 0.4) is 0 Å². The Labute approximate surface area is 94.9 Å². The number of ether oxygens (including phenoxy) is 2. The van der Waals surface area contributed by atoms with Crippen molar-refractivity contribution in [2.24, 2.45) is 5.92 Å². The van der Waals surface area contributed by atoms with Gasteiger partial charge in [-0.25, -0.2) is 4.79 Å². The van der Waals surface area contributed by atoms with Gasteiger partial charge in [-0.05, 0) is 13.5 Å². The summed E-state index contributed by atoms with van der Waals surface area (Å²) >= 11 is 0. The zero-order valence-corrected chi connectivity index (χ0v) is 9.86. The predicted molar refractivity (Wildman–Crippen MR) is 56.9 cm³/mol. The lowest BCUT2D eigenvalue weighted by Gasteiger charge is -2.35. The minimum Gasteiger partial charge on any atom is -0.469 e. The van der Waals surface area contributed by atoms with Crippen LogP contribution in [0.15, 0.2) is 0 Å². The van der Waals surface area contributed by atoms with Crippen molar-refractivity contribution in [3.05, 3.63) is 0 Å². The number of amides is 1. The molecule has 1 rings (SSSR count). The van der Waals surface area contributed by atoms with E-state index in [2.05, 4.69) is 10.1 Å². The van der Waals surface area contributed by atoms with Crippen molar-refractivity contribution < 1.29 is 19.1 Å². The van der Waals surface area contributed by atoms with Crippen LogP contribution >= 0.6 is 0 Å². The lowest BCUT2D eigenvalue weighted by molar-refractivity contribution is -0.147. The van der Waals surface area contributed by atoms with Gasteiger partial charge in [-0.3, -0.25) is 4.79 Å². The van der Waals surface area contributed by atoms with Crippen LogP contribution in [0.2, 0.25) is 0 Å². The fraction of sp³-hybridized carbons (Fsp3) is 0.800.